The molecule has 32 heavy (non-hydrogen) atoms. The van der Waals surface area contributed by atoms with Crippen LogP contribution in [0.15, 0.2) is 42.6 Å². The van der Waals surface area contributed by atoms with E-state index in [0.29, 0.717) is 36.1 Å². The third kappa shape index (κ3) is 4.80. The van der Waals surface area contributed by atoms with E-state index in [1.54, 1.807) is 36.1 Å². The zero-order valence-electron chi connectivity index (χ0n) is 18.1. The lowest BCUT2D eigenvalue weighted by Crippen LogP contribution is -2.52. The van der Waals surface area contributed by atoms with Crippen LogP contribution in [0.1, 0.15) is 29.0 Å². The number of fused-ring (bicyclic) bond motifs is 1. The minimum atomic E-state index is -0.177. The Morgan fingerprint density at radius 2 is 2.16 bits per heavy atom. The van der Waals surface area contributed by atoms with Gasteiger partial charge in [-0.2, -0.15) is 0 Å². The Hall–Kier alpha value is -3.26. The average molecular weight is 456 g/mol. The first-order chi connectivity index (χ1) is 15.4. The molecular formula is C23H26ClN5O3. The monoisotopic (exact) mass is 455 g/mol. The van der Waals surface area contributed by atoms with E-state index in [0.717, 1.165) is 29.4 Å². The number of benzene rings is 1. The number of carbonyl (C=O) groups is 2. The molecule has 3 aromatic rings. The summed E-state index contributed by atoms with van der Waals surface area (Å²) < 4.78 is 5.10. The Balaban J connectivity index is 1.34. The third-order valence-electron chi connectivity index (χ3n) is 5.81. The van der Waals surface area contributed by atoms with Gasteiger partial charge >= 0.3 is 6.03 Å². The summed E-state index contributed by atoms with van der Waals surface area (Å²) in [6.07, 6.45) is 3.20. The minimum Gasteiger partial charge on any atom is -0.495 e. The second-order valence-electron chi connectivity index (χ2n) is 7.93. The predicted octanol–water partition coefficient (Wildman–Crippen LogP) is 3.67. The van der Waals surface area contributed by atoms with Crippen molar-refractivity contribution in [2.45, 2.75) is 25.4 Å². The number of nitrogens with zero attached hydrogens (tertiary/aromatic N) is 3. The summed E-state index contributed by atoms with van der Waals surface area (Å²) in [5.74, 6) is 0.468. The first-order valence-corrected chi connectivity index (χ1v) is 10.9. The number of pyridine rings is 1. The highest BCUT2D eigenvalue weighted by molar-refractivity contribution is 6.31. The second-order valence-corrected chi connectivity index (χ2v) is 8.36. The van der Waals surface area contributed by atoms with Crippen molar-refractivity contribution in [1.29, 1.82) is 0 Å². The summed E-state index contributed by atoms with van der Waals surface area (Å²) in [6, 6.07) is 10.7. The van der Waals surface area contributed by atoms with Gasteiger partial charge in [-0.3, -0.25) is 4.79 Å². The number of ether oxygens (including phenoxy) is 1. The number of rotatable bonds is 5. The number of amides is 3. The molecule has 8 nitrogen and oxygen atoms in total. The molecule has 9 heteroatoms. The fraction of sp³-hybridized carbons (Fsp3) is 0.348. The average Bonchev–Trinajstić information content (AvgIpc) is 3.23. The number of aromatic amines is 1. The number of urea groups is 1. The molecule has 1 aliphatic heterocycles. The Kier molecular flexibility index (Phi) is 6.50. The highest BCUT2D eigenvalue weighted by Crippen LogP contribution is 2.21. The van der Waals surface area contributed by atoms with Gasteiger partial charge in [0, 0.05) is 41.8 Å². The molecule has 168 valence electrons. The van der Waals surface area contributed by atoms with Gasteiger partial charge in [0.2, 0.25) is 0 Å². The molecule has 1 aliphatic rings. The van der Waals surface area contributed by atoms with Crippen LogP contribution in [0.3, 0.4) is 0 Å². The number of halogens is 1. The zero-order chi connectivity index (χ0) is 22.7. The molecule has 0 bridgehead atoms. The van der Waals surface area contributed by atoms with Gasteiger partial charge < -0.3 is 24.8 Å². The van der Waals surface area contributed by atoms with Crippen LogP contribution < -0.4 is 10.1 Å². The van der Waals surface area contributed by atoms with E-state index < -0.39 is 0 Å². The van der Waals surface area contributed by atoms with Crippen molar-refractivity contribution < 1.29 is 14.3 Å². The maximum Gasteiger partial charge on any atom is 0.317 e. The summed E-state index contributed by atoms with van der Waals surface area (Å²) >= 11 is 6.04. The van der Waals surface area contributed by atoms with Crippen LogP contribution in [0.5, 0.6) is 5.75 Å². The van der Waals surface area contributed by atoms with Gasteiger partial charge in [0.25, 0.3) is 5.91 Å². The van der Waals surface area contributed by atoms with Crippen molar-refractivity contribution in [2.24, 2.45) is 0 Å². The van der Waals surface area contributed by atoms with Crippen molar-refractivity contribution in [3.63, 3.8) is 0 Å². The number of methoxy groups -OCH3 is 1. The normalized spacial score (nSPS) is 16.1. The summed E-state index contributed by atoms with van der Waals surface area (Å²) in [7, 11) is 3.33. The van der Waals surface area contributed by atoms with E-state index in [1.807, 2.05) is 24.3 Å². The SMILES string of the molecule is COc1ccc(C(=O)N2CCC[C@@H](N(C)C(=O)NCc3cc4cc(Cl)ccc4[nH]3)C2)nc1. The van der Waals surface area contributed by atoms with Crippen LogP contribution in [0.4, 0.5) is 4.79 Å². The molecule has 3 amide bonds. The number of nitrogens with one attached hydrogen (secondary N) is 2. The predicted molar refractivity (Wildman–Crippen MR) is 123 cm³/mol. The number of likely N-dealkylation sites (tertiary alicyclic amines) is 1. The number of aromatic nitrogens is 2. The topological polar surface area (TPSA) is 90.6 Å². The third-order valence-corrected chi connectivity index (χ3v) is 6.05. The standard InChI is InChI=1S/C23H26ClN5O3/c1-28(23(31)26-12-17-11-15-10-16(24)5-7-20(15)27-17)18-4-3-9-29(14-18)22(30)21-8-6-19(32-2)13-25-21/h5-8,10-11,13,18,27H,3-4,9,12,14H2,1-2H3,(H,26,31)/t18-/m1/s1. The van der Waals surface area contributed by atoms with E-state index in [-0.39, 0.29) is 18.0 Å². The molecule has 2 N–H and O–H groups in total. The molecule has 1 atom stereocenters. The van der Waals surface area contributed by atoms with Crippen LogP contribution in [-0.4, -0.2) is 65.0 Å². The van der Waals surface area contributed by atoms with Crippen molar-refractivity contribution in [2.75, 3.05) is 27.2 Å². The van der Waals surface area contributed by atoms with E-state index in [1.165, 1.54) is 6.20 Å². The second kappa shape index (κ2) is 9.48. The minimum absolute atomic E-state index is 0.0625. The number of likely N-dealkylation sites (N-methyl/N-ethyl adjacent to an activating group) is 1. The Labute approximate surface area is 191 Å². The van der Waals surface area contributed by atoms with Crippen LogP contribution in [0.25, 0.3) is 10.9 Å². The Morgan fingerprint density at radius 1 is 1.31 bits per heavy atom. The molecule has 1 saturated heterocycles. The van der Waals surface area contributed by atoms with Gasteiger partial charge in [-0.15, -0.1) is 0 Å². The molecule has 1 aromatic carbocycles. The first-order valence-electron chi connectivity index (χ1n) is 10.5. The van der Waals surface area contributed by atoms with Gasteiger partial charge in [0.1, 0.15) is 11.4 Å². The molecular weight excluding hydrogens is 430 g/mol. The number of piperidine rings is 1. The summed E-state index contributed by atoms with van der Waals surface area (Å²) in [6.45, 7) is 1.50. The number of hydrogen-bond donors (Lipinski definition) is 2. The smallest absolute Gasteiger partial charge is 0.317 e. The van der Waals surface area contributed by atoms with Gasteiger partial charge in [-0.1, -0.05) is 11.6 Å². The maximum absolute atomic E-state index is 12.8. The molecule has 0 spiro atoms. The molecule has 2 aromatic heterocycles. The molecule has 1 fully saturated rings. The van der Waals surface area contributed by atoms with Crippen molar-refractivity contribution in [3.05, 3.63) is 59.0 Å². The summed E-state index contributed by atoms with van der Waals surface area (Å²) in [5, 5.41) is 4.63. The van der Waals surface area contributed by atoms with Crippen molar-refractivity contribution in [1.82, 2.24) is 25.1 Å². The zero-order valence-corrected chi connectivity index (χ0v) is 18.9. The molecule has 0 radical (unpaired) electrons. The fourth-order valence-corrected chi connectivity index (χ4v) is 4.15. The maximum atomic E-state index is 12.8. The van der Waals surface area contributed by atoms with Gasteiger partial charge in [0.15, 0.2) is 0 Å². The summed E-state index contributed by atoms with van der Waals surface area (Å²) in [4.78, 5) is 36.5. The van der Waals surface area contributed by atoms with E-state index in [9.17, 15) is 9.59 Å². The van der Waals surface area contributed by atoms with E-state index in [2.05, 4.69) is 15.3 Å². The lowest BCUT2D eigenvalue weighted by molar-refractivity contribution is 0.0630. The lowest BCUT2D eigenvalue weighted by atomic mass is 10.0. The van der Waals surface area contributed by atoms with Crippen LogP contribution in [0, 0.1) is 0 Å². The van der Waals surface area contributed by atoms with Gasteiger partial charge in [-0.25, -0.2) is 9.78 Å². The van der Waals surface area contributed by atoms with Gasteiger partial charge in [0.05, 0.1) is 25.9 Å². The first kappa shape index (κ1) is 22.0. The van der Waals surface area contributed by atoms with E-state index in [4.69, 9.17) is 16.3 Å². The lowest BCUT2D eigenvalue weighted by Gasteiger charge is -2.37. The molecule has 0 aliphatic carbocycles. The number of hydrogen-bond acceptors (Lipinski definition) is 4. The number of H-pyrrole nitrogens is 1. The van der Waals surface area contributed by atoms with Crippen LogP contribution in [-0.2, 0) is 6.54 Å². The highest BCUT2D eigenvalue weighted by Gasteiger charge is 2.29. The van der Waals surface area contributed by atoms with Crippen LogP contribution >= 0.6 is 11.6 Å². The molecule has 0 unspecified atom stereocenters. The fourth-order valence-electron chi connectivity index (χ4n) is 3.97. The van der Waals surface area contributed by atoms with Gasteiger partial charge in [-0.05, 0) is 49.2 Å². The van der Waals surface area contributed by atoms with Crippen LogP contribution in [0.2, 0.25) is 5.02 Å². The number of carbonyl (C=O) groups excluding carboxylic acids is 2. The van der Waals surface area contributed by atoms with E-state index >= 15 is 0 Å². The molecule has 0 saturated carbocycles. The van der Waals surface area contributed by atoms with Crippen molar-refractivity contribution >= 4 is 34.4 Å². The quantitative estimate of drug-likeness (QED) is 0.614. The summed E-state index contributed by atoms with van der Waals surface area (Å²) in [5.41, 5.74) is 2.24. The molecule has 3 heterocycles. The van der Waals surface area contributed by atoms with Crippen molar-refractivity contribution in [3.8, 4) is 5.75 Å². The highest BCUT2D eigenvalue weighted by atomic mass is 35.5. The molecule has 4 rings (SSSR count). The largest absolute Gasteiger partial charge is 0.495 e. The Bertz CT molecular complexity index is 1110. The Morgan fingerprint density at radius 3 is 2.91 bits per heavy atom.